The number of rotatable bonds is 5. The number of urea groups is 1. The first kappa shape index (κ1) is 19.0. The smallest absolute Gasteiger partial charge is 0.318 e. The van der Waals surface area contributed by atoms with Gasteiger partial charge in [0.2, 0.25) is 0 Å². The van der Waals surface area contributed by atoms with Crippen LogP contribution in [0.1, 0.15) is 42.9 Å². The van der Waals surface area contributed by atoms with Crippen molar-refractivity contribution in [2.75, 3.05) is 20.8 Å². The predicted molar refractivity (Wildman–Crippen MR) is 104 cm³/mol. The van der Waals surface area contributed by atoms with E-state index in [9.17, 15) is 4.79 Å². The molecule has 6 heteroatoms. The molecule has 27 heavy (non-hydrogen) atoms. The Morgan fingerprint density at radius 1 is 1.11 bits per heavy atom. The van der Waals surface area contributed by atoms with Gasteiger partial charge >= 0.3 is 6.03 Å². The zero-order valence-electron chi connectivity index (χ0n) is 16.0. The first-order chi connectivity index (χ1) is 13.2. The molecule has 1 aromatic carbocycles. The van der Waals surface area contributed by atoms with E-state index >= 15 is 0 Å². The second kappa shape index (κ2) is 9.26. The molecule has 0 radical (unpaired) electrons. The van der Waals surface area contributed by atoms with E-state index < -0.39 is 0 Å². The van der Waals surface area contributed by atoms with Crippen molar-refractivity contribution in [3.63, 3.8) is 0 Å². The normalized spacial score (nSPS) is 17.1. The van der Waals surface area contributed by atoms with Crippen molar-refractivity contribution in [3.8, 4) is 11.5 Å². The largest absolute Gasteiger partial charge is 0.493 e. The highest BCUT2D eigenvalue weighted by molar-refractivity contribution is 5.74. The van der Waals surface area contributed by atoms with Gasteiger partial charge in [0, 0.05) is 25.5 Å². The topological polar surface area (TPSA) is 63.7 Å². The monoisotopic (exact) mass is 369 g/mol. The number of nitrogens with zero attached hydrogens (tertiary/aromatic N) is 2. The predicted octanol–water partition coefficient (Wildman–Crippen LogP) is 3.93. The van der Waals surface area contributed by atoms with Crippen LogP contribution in [0.15, 0.2) is 42.7 Å². The van der Waals surface area contributed by atoms with Gasteiger partial charge in [-0.25, -0.2) is 4.79 Å². The number of carbonyl (C=O) groups is 1. The van der Waals surface area contributed by atoms with Gasteiger partial charge in [-0.1, -0.05) is 18.9 Å². The van der Waals surface area contributed by atoms with Crippen LogP contribution in [0.25, 0.3) is 0 Å². The molecule has 1 aliphatic heterocycles. The summed E-state index contributed by atoms with van der Waals surface area (Å²) in [5, 5.41) is 3.06. The van der Waals surface area contributed by atoms with Crippen LogP contribution in [0.2, 0.25) is 0 Å². The molecule has 1 saturated heterocycles. The standard InChI is InChI=1S/C21H27N3O3/c1-26-19-8-7-16(14-20(19)27-2)15-23-21(25)24-13-5-3-4-6-18(24)17-9-11-22-12-10-17/h7-12,14,18H,3-6,13,15H2,1-2H3,(H,23,25). The van der Waals surface area contributed by atoms with Crippen LogP contribution < -0.4 is 14.8 Å². The molecule has 1 atom stereocenters. The summed E-state index contributed by atoms with van der Waals surface area (Å²) in [6, 6.07) is 9.75. The fourth-order valence-corrected chi connectivity index (χ4v) is 3.55. The molecule has 3 rings (SSSR count). The number of likely N-dealkylation sites (tertiary alicyclic amines) is 1. The number of methoxy groups -OCH3 is 2. The summed E-state index contributed by atoms with van der Waals surface area (Å²) in [4.78, 5) is 19.0. The number of aromatic nitrogens is 1. The average Bonchev–Trinajstić information content (AvgIpc) is 2.98. The van der Waals surface area contributed by atoms with Gasteiger partial charge in [0.25, 0.3) is 0 Å². The van der Waals surface area contributed by atoms with Gasteiger partial charge in [0.05, 0.1) is 20.3 Å². The Labute approximate surface area is 160 Å². The Morgan fingerprint density at radius 2 is 1.89 bits per heavy atom. The number of hydrogen-bond acceptors (Lipinski definition) is 4. The Kier molecular flexibility index (Phi) is 6.52. The molecule has 1 unspecified atom stereocenters. The number of hydrogen-bond donors (Lipinski definition) is 1. The van der Waals surface area contributed by atoms with E-state index in [0.717, 1.165) is 43.4 Å². The third-order valence-electron chi connectivity index (χ3n) is 5.00. The first-order valence-electron chi connectivity index (χ1n) is 9.38. The Bertz CT molecular complexity index is 752. The van der Waals surface area contributed by atoms with Crippen molar-refractivity contribution in [1.29, 1.82) is 0 Å². The van der Waals surface area contributed by atoms with Crippen molar-refractivity contribution in [3.05, 3.63) is 53.9 Å². The lowest BCUT2D eigenvalue weighted by Gasteiger charge is -2.30. The van der Waals surface area contributed by atoms with E-state index in [1.165, 1.54) is 0 Å². The van der Waals surface area contributed by atoms with Crippen LogP contribution in [-0.4, -0.2) is 36.7 Å². The SMILES string of the molecule is COc1ccc(CNC(=O)N2CCCCCC2c2ccncc2)cc1OC. The lowest BCUT2D eigenvalue weighted by Crippen LogP contribution is -2.41. The summed E-state index contributed by atoms with van der Waals surface area (Å²) < 4.78 is 10.6. The van der Waals surface area contributed by atoms with Gasteiger partial charge in [-0.3, -0.25) is 4.98 Å². The van der Waals surface area contributed by atoms with Gasteiger partial charge in [0.1, 0.15) is 0 Å². The van der Waals surface area contributed by atoms with Crippen LogP contribution >= 0.6 is 0 Å². The van der Waals surface area contributed by atoms with Crippen molar-refractivity contribution >= 4 is 6.03 Å². The molecule has 2 amide bonds. The maximum absolute atomic E-state index is 12.9. The van der Waals surface area contributed by atoms with E-state index in [-0.39, 0.29) is 12.1 Å². The fraction of sp³-hybridized carbons (Fsp3) is 0.429. The molecular weight excluding hydrogens is 342 g/mol. The molecule has 0 spiro atoms. The molecule has 0 saturated carbocycles. The number of ether oxygens (including phenoxy) is 2. The Balaban J connectivity index is 1.69. The lowest BCUT2D eigenvalue weighted by atomic mass is 10.0. The highest BCUT2D eigenvalue weighted by Crippen LogP contribution is 2.30. The van der Waals surface area contributed by atoms with Crippen molar-refractivity contribution in [2.45, 2.75) is 38.3 Å². The number of benzene rings is 1. The maximum atomic E-state index is 12.9. The lowest BCUT2D eigenvalue weighted by molar-refractivity contribution is 0.175. The van der Waals surface area contributed by atoms with E-state index in [1.807, 2.05) is 35.2 Å². The summed E-state index contributed by atoms with van der Waals surface area (Å²) in [7, 11) is 3.22. The van der Waals surface area contributed by atoms with Crippen LogP contribution in [0.5, 0.6) is 11.5 Å². The molecule has 0 bridgehead atoms. The molecule has 1 aromatic heterocycles. The molecule has 1 fully saturated rings. The molecule has 1 aliphatic rings. The molecule has 0 aliphatic carbocycles. The minimum atomic E-state index is -0.0338. The Hall–Kier alpha value is -2.76. The number of nitrogens with one attached hydrogen (secondary N) is 1. The van der Waals surface area contributed by atoms with Crippen molar-refractivity contribution in [1.82, 2.24) is 15.2 Å². The minimum Gasteiger partial charge on any atom is -0.493 e. The number of amides is 2. The summed E-state index contributed by atoms with van der Waals surface area (Å²) in [6.45, 7) is 1.21. The second-order valence-corrected chi connectivity index (χ2v) is 6.69. The fourth-order valence-electron chi connectivity index (χ4n) is 3.55. The third kappa shape index (κ3) is 4.70. The van der Waals surface area contributed by atoms with Gasteiger partial charge in [0.15, 0.2) is 11.5 Å². The first-order valence-corrected chi connectivity index (χ1v) is 9.38. The van der Waals surface area contributed by atoms with Crippen LogP contribution in [0.3, 0.4) is 0 Å². The summed E-state index contributed by atoms with van der Waals surface area (Å²) >= 11 is 0. The summed E-state index contributed by atoms with van der Waals surface area (Å²) in [6.07, 6.45) is 7.88. The third-order valence-corrected chi connectivity index (χ3v) is 5.00. The van der Waals surface area contributed by atoms with E-state index in [4.69, 9.17) is 9.47 Å². The van der Waals surface area contributed by atoms with E-state index in [1.54, 1.807) is 26.6 Å². The van der Waals surface area contributed by atoms with Crippen LogP contribution in [0, 0.1) is 0 Å². The highest BCUT2D eigenvalue weighted by Gasteiger charge is 2.26. The minimum absolute atomic E-state index is 0.0338. The zero-order chi connectivity index (χ0) is 19.1. The molecule has 1 N–H and O–H groups in total. The quantitative estimate of drug-likeness (QED) is 0.867. The summed E-state index contributed by atoms with van der Waals surface area (Å²) in [5.74, 6) is 1.34. The molecular formula is C21H27N3O3. The van der Waals surface area contributed by atoms with Gasteiger partial charge in [-0.05, 0) is 48.2 Å². The van der Waals surface area contributed by atoms with Gasteiger partial charge in [-0.2, -0.15) is 0 Å². The average molecular weight is 369 g/mol. The molecule has 2 heterocycles. The summed E-state index contributed by atoms with van der Waals surface area (Å²) in [5.41, 5.74) is 2.12. The molecule has 2 aromatic rings. The molecule has 144 valence electrons. The van der Waals surface area contributed by atoms with Gasteiger partial charge < -0.3 is 19.7 Å². The van der Waals surface area contributed by atoms with Crippen molar-refractivity contribution < 1.29 is 14.3 Å². The van der Waals surface area contributed by atoms with Crippen LogP contribution in [-0.2, 0) is 6.54 Å². The van der Waals surface area contributed by atoms with Crippen molar-refractivity contribution in [2.24, 2.45) is 0 Å². The zero-order valence-corrected chi connectivity index (χ0v) is 16.0. The second-order valence-electron chi connectivity index (χ2n) is 6.69. The van der Waals surface area contributed by atoms with E-state index in [2.05, 4.69) is 10.3 Å². The maximum Gasteiger partial charge on any atom is 0.318 e. The van der Waals surface area contributed by atoms with Crippen LogP contribution in [0.4, 0.5) is 4.79 Å². The van der Waals surface area contributed by atoms with E-state index in [0.29, 0.717) is 18.0 Å². The Morgan fingerprint density at radius 3 is 2.63 bits per heavy atom. The number of carbonyl (C=O) groups excluding carboxylic acids is 1. The highest BCUT2D eigenvalue weighted by atomic mass is 16.5. The molecule has 6 nitrogen and oxygen atoms in total. The number of pyridine rings is 1. The van der Waals surface area contributed by atoms with Gasteiger partial charge in [-0.15, -0.1) is 0 Å².